The standard InChI is InChI=1S/C12H15N3O/c1-2-3-6-16-12-10-5-4-9(13)7-11(10)14-8-15-12/h4-5,7-8H,2-3,6,13H2,1H3. The molecule has 2 N–H and O–H groups in total. The molecule has 0 atom stereocenters. The first kappa shape index (κ1) is 10.7. The van der Waals surface area contributed by atoms with Crippen molar-refractivity contribution in [3.8, 4) is 5.88 Å². The molecule has 1 aromatic heterocycles. The molecule has 4 heteroatoms. The van der Waals surface area contributed by atoms with Crippen LogP contribution in [0.15, 0.2) is 24.5 Å². The number of ether oxygens (including phenoxy) is 1. The molecule has 0 aliphatic heterocycles. The minimum Gasteiger partial charge on any atom is -0.477 e. The highest BCUT2D eigenvalue weighted by Crippen LogP contribution is 2.22. The van der Waals surface area contributed by atoms with E-state index >= 15 is 0 Å². The Morgan fingerprint density at radius 1 is 1.31 bits per heavy atom. The lowest BCUT2D eigenvalue weighted by Crippen LogP contribution is -2.00. The van der Waals surface area contributed by atoms with E-state index in [4.69, 9.17) is 10.5 Å². The number of nitrogen functional groups attached to an aromatic ring is 1. The lowest BCUT2D eigenvalue weighted by Gasteiger charge is -2.07. The molecule has 1 aromatic carbocycles. The number of benzene rings is 1. The third-order valence-electron chi connectivity index (χ3n) is 2.36. The first-order chi connectivity index (χ1) is 7.81. The zero-order chi connectivity index (χ0) is 11.4. The van der Waals surface area contributed by atoms with Crippen LogP contribution < -0.4 is 10.5 Å². The summed E-state index contributed by atoms with van der Waals surface area (Å²) in [7, 11) is 0. The third kappa shape index (κ3) is 2.21. The van der Waals surface area contributed by atoms with Gasteiger partial charge in [-0.05, 0) is 24.6 Å². The zero-order valence-corrected chi connectivity index (χ0v) is 9.31. The quantitative estimate of drug-likeness (QED) is 0.631. The van der Waals surface area contributed by atoms with E-state index in [0.717, 1.165) is 23.7 Å². The Balaban J connectivity index is 2.30. The number of rotatable bonds is 4. The molecule has 0 saturated heterocycles. The first-order valence-electron chi connectivity index (χ1n) is 5.44. The van der Waals surface area contributed by atoms with Crippen LogP contribution in [-0.4, -0.2) is 16.6 Å². The second kappa shape index (κ2) is 4.79. The Kier molecular flexibility index (Phi) is 3.19. The average Bonchev–Trinajstić information content (AvgIpc) is 2.29. The summed E-state index contributed by atoms with van der Waals surface area (Å²) in [5, 5.41) is 0.910. The van der Waals surface area contributed by atoms with Crippen LogP contribution in [0.1, 0.15) is 19.8 Å². The minimum absolute atomic E-state index is 0.637. The highest BCUT2D eigenvalue weighted by molar-refractivity contribution is 5.85. The summed E-state index contributed by atoms with van der Waals surface area (Å²) in [6.45, 7) is 2.81. The Hall–Kier alpha value is -1.84. The van der Waals surface area contributed by atoms with E-state index < -0.39 is 0 Å². The second-order valence-electron chi connectivity index (χ2n) is 3.66. The molecule has 0 radical (unpaired) electrons. The van der Waals surface area contributed by atoms with Gasteiger partial charge in [0.15, 0.2) is 0 Å². The van der Waals surface area contributed by atoms with Crippen molar-refractivity contribution in [3.63, 3.8) is 0 Å². The molecule has 0 spiro atoms. The summed E-state index contributed by atoms with van der Waals surface area (Å²) in [5.41, 5.74) is 7.21. The first-order valence-corrected chi connectivity index (χ1v) is 5.44. The smallest absolute Gasteiger partial charge is 0.224 e. The summed E-state index contributed by atoms with van der Waals surface area (Å²) >= 11 is 0. The predicted molar refractivity (Wildman–Crippen MR) is 64.4 cm³/mol. The number of hydrogen-bond donors (Lipinski definition) is 1. The number of unbranched alkanes of at least 4 members (excludes halogenated alkanes) is 1. The van der Waals surface area contributed by atoms with E-state index in [2.05, 4.69) is 16.9 Å². The van der Waals surface area contributed by atoms with Gasteiger partial charge in [-0.3, -0.25) is 0 Å². The fourth-order valence-corrected chi connectivity index (χ4v) is 1.48. The van der Waals surface area contributed by atoms with Crippen molar-refractivity contribution in [3.05, 3.63) is 24.5 Å². The van der Waals surface area contributed by atoms with Crippen LogP contribution >= 0.6 is 0 Å². The summed E-state index contributed by atoms with van der Waals surface area (Å²) in [6.07, 6.45) is 3.64. The Bertz CT molecular complexity index is 485. The second-order valence-corrected chi connectivity index (χ2v) is 3.66. The number of aromatic nitrogens is 2. The van der Waals surface area contributed by atoms with Crippen LogP contribution in [0.2, 0.25) is 0 Å². The van der Waals surface area contributed by atoms with Gasteiger partial charge in [0.1, 0.15) is 6.33 Å². The summed E-state index contributed by atoms with van der Waals surface area (Å²) < 4.78 is 5.61. The highest BCUT2D eigenvalue weighted by atomic mass is 16.5. The van der Waals surface area contributed by atoms with Crippen LogP contribution in [0.5, 0.6) is 5.88 Å². The van der Waals surface area contributed by atoms with Crippen LogP contribution in [0, 0.1) is 0 Å². The Morgan fingerprint density at radius 3 is 3.00 bits per heavy atom. The van der Waals surface area contributed by atoms with Gasteiger partial charge in [-0.2, -0.15) is 0 Å². The Morgan fingerprint density at radius 2 is 2.19 bits per heavy atom. The highest BCUT2D eigenvalue weighted by Gasteiger charge is 2.04. The van der Waals surface area contributed by atoms with Crippen molar-refractivity contribution < 1.29 is 4.74 Å². The molecule has 0 amide bonds. The normalized spacial score (nSPS) is 10.6. The van der Waals surface area contributed by atoms with Crippen LogP contribution in [0.25, 0.3) is 10.9 Å². The summed E-state index contributed by atoms with van der Waals surface area (Å²) in [4.78, 5) is 8.29. The number of fused-ring (bicyclic) bond motifs is 1. The zero-order valence-electron chi connectivity index (χ0n) is 9.31. The molecule has 84 valence electrons. The largest absolute Gasteiger partial charge is 0.477 e. The van der Waals surface area contributed by atoms with E-state index in [0.29, 0.717) is 18.2 Å². The molecule has 0 fully saturated rings. The number of hydrogen-bond acceptors (Lipinski definition) is 4. The topological polar surface area (TPSA) is 61.0 Å². The molecule has 4 nitrogen and oxygen atoms in total. The van der Waals surface area contributed by atoms with Crippen molar-refractivity contribution >= 4 is 16.6 Å². The third-order valence-corrected chi connectivity index (χ3v) is 2.36. The SMILES string of the molecule is CCCCOc1ncnc2cc(N)ccc12. The van der Waals surface area contributed by atoms with Crippen molar-refractivity contribution in [2.24, 2.45) is 0 Å². The van der Waals surface area contributed by atoms with Gasteiger partial charge in [-0.15, -0.1) is 0 Å². The van der Waals surface area contributed by atoms with E-state index in [1.165, 1.54) is 6.33 Å². The molecule has 0 bridgehead atoms. The van der Waals surface area contributed by atoms with Crippen molar-refractivity contribution in [2.45, 2.75) is 19.8 Å². The average molecular weight is 217 g/mol. The predicted octanol–water partition coefficient (Wildman–Crippen LogP) is 2.39. The van der Waals surface area contributed by atoms with E-state index in [1.807, 2.05) is 18.2 Å². The molecule has 2 rings (SSSR count). The summed E-state index contributed by atoms with van der Waals surface area (Å²) in [5.74, 6) is 0.637. The molecular weight excluding hydrogens is 202 g/mol. The molecule has 2 aromatic rings. The van der Waals surface area contributed by atoms with Gasteiger partial charge >= 0.3 is 0 Å². The fraction of sp³-hybridized carbons (Fsp3) is 0.333. The van der Waals surface area contributed by atoms with Crippen molar-refractivity contribution in [1.29, 1.82) is 0 Å². The van der Waals surface area contributed by atoms with Gasteiger partial charge in [-0.1, -0.05) is 13.3 Å². The molecule has 0 aliphatic carbocycles. The summed E-state index contributed by atoms with van der Waals surface area (Å²) in [6, 6.07) is 5.55. The van der Waals surface area contributed by atoms with Crippen LogP contribution in [0.4, 0.5) is 5.69 Å². The van der Waals surface area contributed by atoms with Gasteiger partial charge in [0, 0.05) is 5.69 Å². The number of anilines is 1. The van der Waals surface area contributed by atoms with Gasteiger partial charge in [-0.25, -0.2) is 9.97 Å². The van der Waals surface area contributed by atoms with Gasteiger partial charge in [0.2, 0.25) is 5.88 Å². The molecule has 0 unspecified atom stereocenters. The monoisotopic (exact) mass is 217 g/mol. The molecule has 0 saturated carbocycles. The molecule has 0 aliphatic rings. The molecule has 1 heterocycles. The maximum atomic E-state index is 5.69. The Labute approximate surface area is 94.5 Å². The molecule has 16 heavy (non-hydrogen) atoms. The maximum Gasteiger partial charge on any atom is 0.224 e. The van der Waals surface area contributed by atoms with E-state index in [9.17, 15) is 0 Å². The number of nitrogens with zero attached hydrogens (tertiary/aromatic N) is 2. The van der Waals surface area contributed by atoms with Crippen molar-refractivity contribution in [2.75, 3.05) is 12.3 Å². The minimum atomic E-state index is 0.637. The number of nitrogens with two attached hydrogens (primary N) is 1. The lowest BCUT2D eigenvalue weighted by molar-refractivity contribution is 0.301. The van der Waals surface area contributed by atoms with E-state index in [1.54, 1.807) is 0 Å². The lowest BCUT2D eigenvalue weighted by atomic mass is 10.2. The van der Waals surface area contributed by atoms with Gasteiger partial charge in [0.25, 0.3) is 0 Å². The van der Waals surface area contributed by atoms with E-state index in [-0.39, 0.29) is 0 Å². The maximum absolute atomic E-state index is 5.69. The van der Waals surface area contributed by atoms with Crippen molar-refractivity contribution in [1.82, 2.24) is 9.97 Å². The fourth-order valence-electron chi connectivity index (χ4n) is 1.48. The van der Waals surface area contributed by atoms with Gasteiger partial charge < -0.3 is 10.5 Å². The van der Waals surface area contributed by atoms with Crippen LogP contribution in [-0.2, 0) is 0 Å². The van der Waals surface area contributed by atoms with Gasteiger partial charge in [0.05, 0.1) is 17.5 Å². The van der Waals surface area contributed by atoms with Crippen LogP contribution in [0.3, 0.4) is 0 Å². The molecular formula is C12H15N3O.